The third-order valence-electron chi connectivity index (χ3n) is 11.7. The predicted octanol–water partition coefficient (Wildman–Crippen LogP) is 14.1. The number of nitrogens with zero attached hydrogens (tertiary/aromatic N) is 2. The Morgan fingerprint density at radius 1 is 0.291 bits per heavy atom. The second kappa shape index (κ2) is 11.8. The number of benzene rings is 8. The van der Waals surface area contributed by atoms with Gasteiger partial charge in [-0.25, -0.2) is 0 Å². The van der Waals surface area contributed by atoms with Gasteiger partial charge < -0.3 is 14.1 Å². The van der Waals surface area contributed by atoms with Crippen LogP contribution in [0.2, 0.25) is 0 Å². The van der Waals surface area contributed by atoms with E-state index in [0.29, 0.717) is 0 Å². The minimum absolute atomic E-state index is 1.15. The van der Waals surface area contributed by atoms with Gasteiger partial charge in [0.1, 0.15) is 0 Å². The molecule has 3 aromatic heterocycles. The van der Waals surface area contributed by atoms with Crippen molar-refractivity contribution in [1.29, 1.82) is 0 Å². The topological polar surface area (TPSA) is 25.6 Å². The van der Waals surface area contributed by atoms with E-state index in [1.165, 1.54) is 110 Å². The molecule has 0 radical (unpaired) electrons. The van der Waals surface area contributed by atoms with Gasteiger partial charge in [0.05, 0.1) is 22.1 Å². The van der Waals surface area contributed by atoms with Gasteiger partial charge in [0.25, 0.3) is 0 Å². The minimum atomic E-state index is 1.15. The normalized spacial score (nSPS) is 12.0. The van der Waals surface area contributed by atoms with E-state index in [9.17, 15) is 0 Å². The molecule has 11 aromatic rings. The van der Waals surface area contributed by atoms with Crippen LogP contribution >= 0.6 is 0 Å². The van der Waals surface area contributed by atoms with Crippen molar-refractivity contribution in [2.24, 2.45) is 0 Å². The summed E-state index contributed by atoms with van der Waals surface area (Å²) in [5, 5.41) is 7.68. The largest absolute Gasteiger partial charge is 0.355 e. The van der Waals surface area contributed by atoms with Crippen LogP contribution < -0.4 is 0 Å². The number of nitrogens with one attached hydrogen (secondary N) is 1. The summed E-state index contributed by atoms with van der Waals surface area (Å²) in [6.45, 7) is 8.69. The molecule has 0 spiro atoms. The van der Waals surface area contributed by atoms with Crippen molar-refractivity contribution in [3.05, 3.63) is 180 Å². The van der Waals surface area contributed by atoms with Gasteiger partial charge in [-0.15, -0.1) is 0 Å². The van der Waals surface area contributed by atoms with E-state index < -0.39 is 0 Å². The maximum Gasteiger partial charge on any atom is 0.0541 e. The van der Waals surface area contributed by atoms with Crippen molar-refractivity contribution in [3.63, 3.8) is 0 Å². The highest BCUT2D eigenvalue weighted by molar-refractivity contribution is 6.12. The number of H-pyrrole nitrogens is 1. The highest BCUT2D eigenvalue weighted by atomic mass is 15.0. The highest BCUT2D eigenvalue weighted by Gasteiger charge is 2.15. The molecule has 0 unspecified atom stereocenters. The van der Waals surface area contributed by atoms with Crippen LogP contribution in [0.15, 0.2) is 158 Å². The quantitative estimate of drug-likeness (QED) is 0.189. The lowest BCUT2D eigenvalue weighted by molar-refractivity contribution is 1.18. The van der Waals surface area contributed by atoms with Crippen LogP contribution in [-0.2, 0) is 0 Å². The predicted molar refractivity (Wildman–Crippen MR) is 234 cm³/mol. The Kier molecular flexibility index (Phi) is 6.81. The number of aromatic nitrogens is 3. The summed E-state index contributed by atoms with van der Waals surface area (Å²) in [5.74, 6) is 0. The van der Waals surface area contributed by atoms with Crippen molar-refractivity contribution in [3.8, 4) is 33.6 Å². The molecule has 55 heavy (non-hydrogen) atoms. The molecule has 0 aliphatic carbocycles. The lowest BCUT2D eigenvalue weighted by Crippen LogP contribution is -1.94. The average molecular weight is 706 g/mol. The number of hydrogen-bond donors (Lipinski definition) is 1. The van der Waals surface area contributed by atoms with Gasteiger partial charge in [0, 0.05) is 54.7 Å². The molecule has 0 saturated heterocycles. The first kappa shape index (κ1) is 31.7. The Bertz CT molecular complexity index is 2990. The van der Waals surface area contributed by atoms with E-state index in [4.69, 9.17) is 0 Å². The minimum Gasteiger partial charge on any atom is -0.355 e. The molecule has 8 aromatic carbocycles. The van der Waals surface area contributed by atoms with E-state index in [-0.39, 0.29) is 0 Å². The average Bonchev–Trinajstić information content (AvgIpc) is 3.84. The zero-order valence-electron chi connectivity index (χ0n) is 31.4. The Hall–Kier alpha value is -6.84. The first-order valence-corrected chi connectivity index (χ1v) is 19.2. The third-order valence-corrected chi connectivity index (χ3v) is 11.7. The second-order valence-corrected chi connectivity index (χ2v) is 15.5. The molecule has 0 saturated carbocycles. The first-order chi connectivity index (χ1) is 26.9. The van der Waals surface area contributed by atoms with Crippen molar-refractivity contribution in [2.75, 3.05) is 0 Å². The maximum absolute atomic E-state index is 3.67. The fraction of sp³-hybridized carbons (Fsp3) is 0.0769. The maximum atomic E-state index is 3.67. The summed E-state index contributed by atoms with van der Waals surface area (Å²) in [7, 11) is 0. The van der Waals surface area contributed by atoms with Crippen LogP contribution in [0, 0.1) is 27.7 Å². The number of hydrogen-bond acceptors (Lipinski definition) is 0. The summed E-state index contributed by atoms with van der Waals surface area (Å²) in [5.41, 5.74) is 19.5. The summed E-state index contributed by atoms with van der Waals surface area (Å²) in [6.07, 6.45) is 0. The number of aryl methyl sites for hydroxylation is 4. The SMILES string of the molecule is Cc1ccc2c(c1)c1cc(C)ccc1n2-c1ccc(-c2ccc3[nH]c4ccc(-c5ccc(-n6c7ccc(C)cc7c7cc(C)ccc76)cc5)cc4c3c2)cc1. The van der Waals surface area contributed by atoms with Crippen molar-refractivity contribution < 1.29 is 0 Å². The van der Waals surface area contributed by atoms with Crippen molar-refractivity contribution in [2.45, 2.75) is 27.7 Å². The van der Waals surface area contributed by atoms with Crippen molar-refractivity contribution in [1.82, 2.24) is 14.1 Å². The van der Waals surface area contributed by atoms with Gasteiger partial charge in [0.15, 0.2) is 0 Å². The summed E-state index contributed by atoms with van der Waals surface area (Å²) < 4.78 is 4.80. The van der Waals surface area contributed by atoms with Gasteiger partial charge in [-0.05, 0) is 147 Å². The molecule has 3 heteroatoms. The van der Waals surface area contributed by atoms with Gasteiger partial charge in [0.2, 0.25) is 0 Å². The van der Waals surface area contributed by atoms with E-state index in [0.717, 1.165) is 11.0 Å². The third kappa shape index (κ3) is 4.97. The zero-order chi connectivity index (χ0) is 36.9. The van der Waals surface area contributed by atoms with Crippen LogP contribution in [0.5, 0.6) is 0 Å². The highest BCUT2D eigenvalue weighted by Crippen LogP contribution is 2.38. The number of rotatable bonds is 4. The van der Waals surface area contributed by atoms with Crippen LogP contribution in [-0.4, -0.2) is 14.1 Å². The van der Waals surface area contributed by atoms with E-state index >= 15 is 0 Å². The van der Waals surface area contributed by atoms with E-state index in [1.807, 2.05) is 0 Å². The van der Waals surface area contributed by atoms with Gasteiger partial charge >= 0.3 is 0 Å². The fourth-order valence-electron chi connectivity index (χ4n) is 8.92. The lowest BCUT2D eigenvalue weighted by Gasteiger charge is -2.10. The van der Waals surface area contributed by atoms with Crippen LogP contribution in [0.3, 0.4) is 0 Å². The van der Waals surface area contributed by atoms with Crippen LogP contribution in [0.25, 0.3) is 99.0 Å². The molecule has 0 atom stereocenters. The molecule has 0 bridgehead atoms. The second-order valence-electron chi connectivity index (χ2n) is 15.5. The molecule has 3 heterocycles. The Labute approximate surface area is 319 Å². The molecular formula is C52H39N3. The van der Waals surface area contributed by atoms with Crippen LogP contribution in [0.4, 0.5) is 0 Å². The summed E-state index contributed by atoms with van der Waals surface area (Å²) >= 11 is 0. The molecule has 0 aliphatic heterocycles. The van der Waals surface area contributed by atoms with E-state index in [1.54, 1.807) is 0 Å². The van der Waals surface area contributed by atoms with Crippen molar-refractivity contribution >= 4 is 65.4 Å². The lowest BCUT2D eigenvalue weighted by atomic mass is 10.00. The molecule has 1 N–H and O–H groups in total. The van der Waals surface area contributed by atoms with Crippen LogP contribution in [0.1, 0.15) is 22.3 Å². The number of fused-ring (bicyclic) bond motifs is 9. The molecule has 0 amide bonds. The zero-order valence-corrected chi connectivity index (χ0v) is 31.4. The Balaban J connectivity index is 0.953. The number of aromatic amines is 1. The molecule has 11 rings (SSSR count). The van der Waals surface area contributed by atoms with Gasteiger partial charge in [-0.2, -0.15) is 0 Å². The molecule has 3 nitrogen and oxygen atoms in total. The summed E-state index contributed by atoms with van der Waals surface area (Å²) in [4.78, 5) is 3.67. The smallest absolute Gasteiger partial charge is 0.0541 e. The standard InChI is InChI=1S/C52H39N3/c1-31-5-21-49-43(25-31)44-26-32(2)6-22-50(44)54(49)39-15-9-35(10-16-39)37-13-19-47-41(29-37)42-30-38(14-20-48(42)53-47)36-11-17-40(18-12-36)55-51-23-7-33(3)27-45(51)46-28-34(4)8-24-52(46)55/h5-30,53H,1-4H3. The molecule has 0 aliphatic rings. The molecule has 262 valence electrons. The molecular weight excluding hydrogens is 667 g/mol. The van der Waals surface area contributed by atoms with Gasteiger partial charge in [-0.3, -0.25) is 0 Å². The Morgan fingerprint density at radius 2 is 0.600 bits per heavy atom. The van der Waals surface area contributed by atoms with E-state index in [2.05, 4.69) is 200 Å². The first-order valence-electron chi connectivity index (χ1n) is 19.2. The Morgan fingerprint density at radius 3 is 0.927 bits per heavy atom. The molecule has 0 fully saturated rings. The summed E-state index contributed by atoms with van der Waals surface area (Å²) in [6, 6.07) is 58.8. The monoisotopic (exact) mass is 705 g/mol. The fourth-order valence-corrected chi connectivity index (χ4v) is 8.92. The van der Waals surface area contributed by atoms with Gasteiger partial charge in [-0.1, -0.05) is 82.9 Å².